The van der Waals surface area contributed by atoms with Crippen LogP contribution in [-0.4, -0.2) is 41.5 Å². The molecule has 0 spiro atoms. The fourth-order valence-corrected chi connectivity index (χ4v) is 3.45. The number of nitrogens with two attached hydrogens (primary N) is 1. The van der Waals surface area contributed by atoms with Gasteiger partial charge < -0.3 is 10.6 Å². The summed E-state index contributed by atoms with van der Waals surface area (Å²) in [6.07, 6.45) is 8.68. The Bertz CT molecular complexity index is 273. The molecule has 0 aromatic rings. The molecule has 0 amide bonds. The fraction of sp³-hybridized carbons (Fsp3) is 0.923. The highest BCUT2D eigenvalue weighted by atomic mass is 32.2. The lowest BCUT2D eigenvalue weighted by atomic mass is 9.84. The maximum absolute atomic E-state index is 6.10. The third-order valence-electron chi connectivity index (χ3n) is 4.33. The van der Waals surface area contributed by atoms with Gasteiger partial charge in [-0.05, 0) is 37.9 Å². The van der Waals surface area contributed by atoms with Crippen molar-refractivity contribution in [1.29, 1.82) is 0 Å². The molecule has 0 atom stereocenters. The number of rotatable bonds is 3. The van der Waals surface area contributed by atoms with Crippen LogP contribution in [0.25, 0.3) is 0 Å². The van der Waals surface area contributed by atoms with Gasteiger partial charge >= 0.3 is 0 Å². The Labute approximate surface area is 109 Å². The minimum absolute atomic E-state index is 0.410. The summed E-state index contributed by atoms with van der Waals surface area (Å²) < 4.78 is 0.410. The van der Waals surface area contributed by atoms with E-state index in [1.807, 2.05) is 11.8 Å². The van der Waals surface area contributed by atoms with Crippen LogP contribution in [0.2, 0.25) is 0 Å². The summed E-state index contributed by atoms with van der Waals surface area (Å²) in [7, 11) is 0. The van der Waals surface area contributed by atoms with Gasteiger partial charge in [0.25, 0.3) is 0 Å². The van der Waals surface area contributed by atoms with Crippen LogP contribution in [0.1, 0.15) is 39.0 Å². The standard InChI is InChI=1S/C13H25N3S/c1-11-4-8-16(9-5-11)12(14)15-10-13(17-2)6-3-7-13/h11H,3-10H2,1-2H3,(H2,14,15). The smallest absolute Gasteiger partial charge is 0.191 e. The van der Waals surface area contributed by atoms with Crippen LogP contribution in [0, 0.1) is 5.92 Å². The van der Waals surface area contributed by atoms with Crippen LogP contribution < -0.4 is 5.73 Å². The van der Waals surface area contributed by atoms with Crippen LogP contribution in [0.15, 0.2) is 4.99 Å². The lowest BCUT2D eigenvalue weighted by molar-refractivity contribution is 0.276. The second-order valence-electron chi connectivity index (χ2n) is 5.58. The predicted octanol–water partition coefficient (Wildman–Crippen LogP) is 2.32. The molecule has 1 saturated carbocycles. The first kappa shape index (κ1) is 13.1. The maximum Gasteiger partial charge on any atom is 0.191 e. The molecule has 2 rings (SSSR count). The van der Waals surface area contributed by atoms with E-state index in [2.05, 4.69) is 23.1 Å². The van der Waals surface area contributed by atoms with Gasteiger partial charge in [-0.25, -0.2) is 0 Å². The van der Waals surface area contributed by atoms with Gasteiger partial charge in [0.2, 0.25) is 0 Å². The van der Waals surface area contributed by atoms with Crippen molar-refractivity contribution in [3.05, 3.63) is 0 Å². The van der Waals surface area contributed by atoms with E-state index in [1.54, 1.807) is 0 Å². The molecule has 0 radical (unpaired) electrons. The van der Waals surface area contributed by atoms with Crippen molar-refractivity contribution in [2.24, 2.45) is 16.6 Å². The molecule has 2 N–H and O–H groups in total. The average molecular weight is 255 g/mol. The second-order valence-corrected chi connectivity index (χ2v) is 6.86. The van der Waals surface area contributed by atoms with Gasteiger partial charge in [-0.1, -0.05) is 13.3 Å². The van der Waals surface area contributed by atoms with Gasteiger partial charge in [0.1, 0.15) is 0 Å². The molecule has 0 unspecified atom stereocenters. The van der Waals surface area contributed by atoms with Crippen molar-refractivity contribution in [1.82, 2.24) is 4.90 Å². The largest absolute Gasteiger partial charge is 0.370 e. The topological polar surface area (TPSA) is 41.6 Å². The van der Waals surface area contributed by atoms with Crippen molar-refractivity contribution < 1.29 is 0 Å². The fourth-order valence-electron chi connectivity index (χ4n) is 2.56. The molecule has 1 saturated heterocycles. The SMILES string of the molecule is CSC1(CN=C(N)N2CCC(C)CC2)CCC1. The van der Waals surface area contributed by atoms with Crippen molar-refractivity contribution in [2.75, 3.05) is 25.9 Å². The molecule has 1 heterocycles. The third kappa shape index (κ3) is 3.09. The highest BCUT2D eigenvalue weighted by molar-refractivity contribution is 8.00. The highest BCUT2D eigenvalue weighted by Crippen LogP contribution is 2.42. The van der Waals surface area contributed by atoms with Gasteiger partial charge in [-0.3, -0.25) is 4.99 Å². The predicted molar refractivity (Wildman–Crippen MR) is 76.6 cm³/mol. The number of likely N-dealkylation sites (tertiary alicyclic amines) is 1. The average Bonchev–Trinajstić information content (AvgIpc) is 2.29. The summed E-state index contributed by atoms with van der Waals surface area (Å²) >= 11 is 1.97. The zero-order valence-electron chi connectivity index (χ0n) is 11.1. The van der Waals surface area contributed by atoms with Crippen LogP contribution >= 0.6 is 11.8 Å². The quantitative estimate of drug-likeness (QED) is 0.621. The van der Waals surface area contributed by atoms with Crippen molar-refractivity contribution in [2.45, 2.75) is 43.8 Å². The monoisotopic (exact) mass is 255 g/mol. The molecule has 2 fully saturated rings. The van der Waals surface area contributed by atoms with Crippen LogP contribution in [0.4, 0.5) is 0 Å². The molecule has 2 aliphatic rings. The molecule has 0 aromatic carbocycles. The molecule has 98 valence electrons. The molecular formula is C13H25N3S. The van der Waals surface area contributed by atoms with E-state index in [9.17, 15) is 0 Å². The summed E-state index contributed by atoms with van der Waals surface area (Å²) in [6, 6.07) is 0. The normalized spacial score (nSPS) is 25.8. The van der Waals surface area contributed by atoms with Crippen molar-refractivity contribution >= 4 is 17.7 Å². The lowest BCUT2D eigenvalue weighted by Crippen LogP contribution is -2.44. The molecule has 0 aromatic heterocycles. The molecule has 0 bridgehead atoms. The first-order chi connectivity index (χ1) is 8.15. The van der Waals surface area contributed by atoms with E-state index in [1.165, 1.54) is 32.1 Å². The van der Waals surface area contributed by atoms with Gasteiger partial charge in [0.05, 0.1) is 6.54 Å². The van der Waals surface area contributed by atoms with Crippen LogP contribution in [0.5, 0.6) is 0 Å². The maximum atomic E-state index is 6.10. The Hall–Kier alpha value is -0.380. The van der Waals surface area contributed by atoms with Gasteiger partial charge in [-0.15, -0.1) is 0 Å². The summed E-state index contributed by atoms with van der Waals surface area (Å²) in [5.74, 6) is 1.63. The minimum atomic E-state index is 0.410. The molecule has 4 heteroatoms. The molecule has 1 aliphatic heterocycles. The Morgan fingerprint density at radius 1 is 1.41 bits per heavy atom. The first-order valence-corrected chi connectivity index (χ1v) is 7.98. The summed E-state index contributed by atoms with van der Waals surface area (Å²) in [4.78, 5) is 6.89. The Morgan fingerprint density at radius 2 is 2.06 bits per heavy atom. The number of piperidine rings is 1. The first-order valence-electron chi connectivity index (χ1n) is 6.75. The molecule has 3 nitrogen and oxygen atoms in total. The van der Waals surface area contributed by atoms with E-state index in [-0.39, 0.29) is 0 Å². The zero-order chi connectivity index (χ0) is 12.3. The van der Waals surface area contributed by atoms with Gasteiger partial charge in [-0.2, -0.15) is 11.8 Å². The van der Waals surface area contributed by atoms with E-state index in [4.69, 9.17) is 5.73 Å². The summed E-state index contributed by atoms with van der Waals surface area (Å²) in [5.41, 5.74) is 6.10. The number of aliphatic imine (C=N–C) groups is 1. The number of guanidine groups is 1. The van der Waals surface area contributed by atoms with Gasteiger partial charge in [0.15, 0.2) is 5.96 Å². The van der Waals surface area contributed by atoms with Crippen molar-refractivity contribution in [3.8, 4) is 0 Å². The third-order valence-corrected chi connectivity index (χ3v) is 5.74. The van der Waals surface area contributed by atoms with Crippen molar-refractivity contribution in [3.63, 3.8) is 0 Å². The van der Waals surface area contributed by atoms with Crippen LogP contribution in [-0.2, 0) is 0 Å². The Morgan fingerprint density at radius 3 is 2.53 bits per heavy atom. The van der Waals surface area contributed by atoms with E-state index in [0.29, 0.717) is 4.75 Å². The highest BCUT2D eigenvalue weighted by Gasteiger charge is 2.36. The van der Waals surface area contributed by atoms with E-state index in [0.717, 1.165) is 31.5 Å². The zero-order valence-corrected chi connectivity index (χ0v) is 11.9. The number of hydrogen-bond acceptors (Lipinski definition) is 2. The molecular weight excluding hydrogens is 230 g/mol. The minimum Gasteiger partial charge on any atom is -0.370 e. The molecule has 17 heavy (non-hydrogen) atoms. The van der Waals surface area contributed by atoms with Crippen LogP contribution in [0.3, 0.4) is 0 Å². The van der Waals surface area contributed by atoms with E-state index >= 15 is 0 Å². The molecule has 1 aliphatic carbocycles. The Balaban J connectivity index is 1.84. The lowest BCUT2D eigenvalue weighted by Gasteiger charge is -2.39. The number of nitrogens with zero attached hydrogens (tertiary/aromatic N) is 2. The summed E-state index contributed by atoms with van der Waals surface area (Å²) in [6.45, 7) is 5.40. The van der Waals surface area contributed by atoms with E-state index < -0.39 is 0 Å². The second kappa shape index (κ2) is 5.51. The summed E-state index contributed by atoms with van der Waals surface area (Å²) in [5, 5.41) is 0. The number of thioether (sulfide) groups is 1. The number of hydrogen-bond donors (Lipinski definition) is 1. The van der Waals surface area contributed by atoms with Gasteiger partial charge in [0, 0.05) is 17.8 Å². The Kier molecular flexibility index (Phi) is 4.23.